The van der Waals surface area contributed by atoms with Crippen LogP contribution in [0.25, 0.3) is 10.9 Å². The largest absolute Gasteiger partial charge is 0.370 e. The van der Waals surface area contributed by atoms with Crippen molar-refractivity contribution in [1.29, 1.82) is 0 Å². The molecular weight excluding hydrogens is 310 g/mol. The van der Waals surface area contributed by atoms with Crippen LogP contribution in [-0.4, -0.2) is 37.7 Å². The SMILES string of the molecule is CCS(=O)(=O)c1cn(CC2=NCCN2)c2ccc(Cl)cc12. The predicted octanol–water partition coefficient (Wildman–Crippen LogP) is 2.09. The maximum absolute atomic E-state index is 12.3. The van der Waals surface area contributed by atoms with E-state index in [1.165, 1.54) is 0 Å². The molecule has 1 N–H and O–H groups in total. The third-order valence-electron chi connectivity index (χ3n) is 3.59. The molecule has 7 heteroatoms. The highest BCUT2D eigenvalue weighted by Gasteiger charge is 2.20. The number of rotatable bonds is 4. The number of sulfone groups is 1. The van der Waals surface area contributed by atoms with Crippen molar-refractivity contribution in [2.45, 2.75) is 18.4 Å². The summed E-state index contributed by atoms with van der Waals surface area (Å²) < 4.78 is 26.5. The molecule has 0 aliphatic carbocycles. The van der Waals surface area contributed by atoms with Gasteiger partial charge < -0.3 is 9.88 Å². The van der Waals surface area contributed by atoms with Crippen LogP contribution in [0.5, 0.6) is 0 Å². The Morgan fingerprint density at radius 1 is 1.43 bits per heavy atom. The molecule has 21 heavy (non-hydrogen) atoms. The topological polar surface area (TPSA) is 63.5 Å². The maximum atomic E-state index is 12.3. The lowest BCUT2D eigenvalue weighted by Crippen LogP contribution is -2.23. The van der Waals surface area contributed by atoms with Gasteiger partial charge in [0.1, 0.15) is 5.84 Å². The van der Waals surface area contributed by atoms with Gasteiger partial charge in [0.05, 0.1) is 23.7 Å². The minimum atomic E-state index is -3.29. The van der Waals surface area contributed by atoms with Crippen molar-refractivity contribution in [3.05, 3.63) is 29.4 Å². The number of nitrogens with zero attached hydrogens (tertiary/aromatic N) is 2. The zero-order valence-electron chi connectivity index (χ0n) is 11.6. The van der Waals surface area contributed by atoms with Crippen LogP contribution in [0.2, 0.25) is 5.02 Å². The molecule has 0 spiro atoms. The first kappa shape index (κ1) is 14.4. The summed E-state index contributed by atoms with van der Waals surface area (Å²) in [5.74, 6) is 0.944. The first-order chi connectivity index (χ1) is 10.0. The van der Waals surface area contributed by atoms with Crippen LogP contribution in [0.4, 0.5) is 0 Å². The number of aliphatic imine (C=N–C) groups is 1. The molecule has 1 aliphatic rings. The quantitative estimate of drug-likeness (QED) is 0.936. The Kier molecular flexibility index (Phi) is 3.67. The fraction of sp³-hybridized carbons (Fsp3) is 0.357. The fourth-order valence-electron chi connectivity index (χ4n) is 2.49. The van der Waals surface area contributed by atoms with Gasteiger partial charge in [-0.2, -0.15) is 0 Å². The molecule has 0 amide bonds. The van der Waals surface area contributed by atoms with E-state index < -0.39 is 9.84 Å². The number of aromatic nitrogens is 1. The number of halogens is 1. The number of fused-ring (bicyclic) bond motifs is 1. The van der Waals surface area contributed by atoms with Gasteiger partial charge in [-0.25, -0.2) is 8.42 Å². The number of benzene rings is 1. The average molecular weight is 326 g/mol. The Balaban J connectivity index is 2.17. The van der Waals surface area contributed by atoms with Crippen molar-refractivity contribution in [3.63, 3.8) is 0 Å². The standard InChI is InChI=1S/C14H16ClN3O2S/c1-2-21(19,20)13-8-18(9-14-16-5-6-17-14)12-4-3-10(15)7-11(12)13/h3-4,7-8H,2,5-6,9H2,1H3,(H,16,17). The number of nitrogens with one attached hydrogen (secondary N) is 1. The molecule has 0 bridgehead atoms. The van der Waals surface area contributed by atoms with E-state index in [0.717, 1.165) is 24.4 Å². The number of hydrogen-bond donors (Lipinski definition) is 1. The molecule has 1 aliphatic heterocycles. The molecule has 112 valence electrons. The van der Waals surface area contributed by atoms with Crippen LogP contribution < -0.4 is 5.32 Å². The lowest BCUT2D eigenvalue weighted by molar-refractivity contribution is 0.597. The van der Waals surface area contributed by atoms with Crippen LogP contribution in [0.15, 0.2) is 34.3 Å². The highest BCUT2D eigenvalue weighted by molar-refractivity contribution is 7.91. The molecule has 0 saturated heterocycles. The van der Waals surface area contributed by atoms with E-state index in [-0.39, 0.29) is 5.75 Å². The van der Waals surface area contributed by atoms with Crippen LogP contribution in [0.1, 0.15) is 6.92 Å². The van der Waals surface area contributed by atoms with Crippen LogP contribution in [0.3, 0.4) is 0 Å². The lowest BCUT2D eigenvalue weighted by Gasteiger charge is -2.05. The van der Waals surface area contributed by atoms with Crippen molar-refractivity contribution in [3.8, 4) is 0 Å². The van der Waals surface area contributed by atoms with Gasteiger partial charge in [-0.1, -0.05) is 18.5 Å². The van der Waals surface area contributed by atoms with Gasteiger partial charge in [-0.15, -0.1) is 0 Å². The third-order valence-corrected chi connectivity index (χ3v) is 5.58. The summed E-state index contributed by atoms with van der Waals surface area (Å²) in [6.07, 6.45) is 1.68. The highest BCUT2D eigenvalue weighted by atomic mass is 35.5. The summed E-state index contributed by atoms with van der Waals surface area (Å²) in [5, 5.41) is 4.40. The van der Waals surface area contributed by atoms with E-state index in [1.807, 2.05) is 10.6 Å². The van der Waals surface area contributed by atoms with E-state index >= 15 is 0 Å². The summed E-state index contributed by atoms with van der Waals surface area (Å²) >= 11 is 6.02. The molecule has 1 aromatic heterocycles. The second-order valence-corrected chi connectivity index (χ2v) is 7.62. The number of hydrogen-bond acceptors (Lipinski definition) is 4. The molecule has 0 fully saturated rings. The summed E-state index contributed by atoms with van der Waals surface area (Å²) in [6.45, 7) is 3.78. The summed E-state index contributed by atoms with van der Waals surface area (Å²) in [5.41, 5.74) is 0.850. The smallest absolute Gasteiger partial charge is 0.180 e. The van der Waals surface area contributed by atoms with E-state index in [4.69, 9.17) is 11.6 Å². The predicted molar refractivity (Wildman–Crippen MR) is 85.0 cm³/mol. The van der Waals surface area contributed by atoms with Crippen molar-refractivity contribution >= 4 is 38.2 Å². The van der Waals surface area contributed by atoms with E-state index in [1.54, 1.807) is 25.3 Å². The van der Waals surface area contributed by atoms with Gasteiger partial charge in [0.15, 0.2) is 9.84 Å². The molecule has 2 aromatic rings. The molecular formula is C14H16ClN3O2S. The minimum absolute atomic E-state index is 0.0673. The maximum Gasteiger partial charge on any atom is 0.180 e. The minimum Gasteiger partial charge on any atom is -0.370 e. The Morgan fingerprint density at radius 2 is 2.24 bits per heavy atom. The summed E-state index contributed by atoms with van der Waals surface area (Å²) in [6, 6.07) is 5.33. The Labute approximate surface area is 128 Å². The second kappa shape index (κ2) is 5.35. The van der Waals surface area contributed by atoms with Gasteiger partial charge in [0.25, 0.3) is 0 Å². The molecule has 0 saturated carbocycles. The highest BCUT2D eigenvalue weighted by Crippen LogP contribution is 2.29. The van der Waals surface area contributed by atoms with Gasteiger partial charge >= 0.3 is 0 Å². The van der Waals surface area contributed by atoms with Crippen LogP contribution in [-0.2, 0) is 16.4 Å². The molecule has 2 heterocycles. The molecule has 1 aromatic carbocycles. The summed E-state index contributed by atoms with van der Waals surface area (Å²) in [7, 11) is -3.29. The molecule has 0 radical (unpaired) electrons. The molecule has 5 nitrogen and oxygen atoms in total. The van der Waals surface area contributed by atoms with Crippen LogP contribution in [0, 0.1) is 0 Å². The van der Waals surface area contributed by atoms with Crippen molar-refractivity contribution < 1.29 is 8.42 Å². The zero-order chi connectivity index (χ0) is 15.0. The van der Waals surface area contributed by atoms with Gasteiger partial charge in [0, 0.05) is 28.7 Å². The normalized spacial score (nSPS) is 15.2. The first-order valence-corrected chi connectivity index (χ1v) is 8.82. The van der Waals surface area contributed by atoms with E-state index in [9.17, 15) is 8.42 Å². The Hall–Kier alpha value is -1.53. The summed E-state index contributed by atoms with van der Waals surface area (Å²) in [4.78, 5) is 4.69. The molecule has 3 rings (SSSR count). The van der Waals surface area contributed by atoms with Gasteiger partial charge in [-0.05, 0) is 18.2 Å². The van der Waals surface area contributed by atoms with Gasteiger partial charge in [-0.3, -0.25) is 4.99 Å². The Bertz CT molecular complexity index is 824. The van der Waals surface area contributed by atoms with Crippen molar-refractivity contribution in [2.75, 3.05) is 18.8 Å². The van der Waals surface area contributed by atoms with E-state index in [2.05, 4.69) is 10.3 Å². The molecule has 0 atom stereocenters. The van der Waals surface area contributed by atoms with E-state index in [0.29, 0.717) is 21.8 Å². The average Bonchev–Trinajstić information content (AvgIpc) is 3.07. The van der Waals surface area contributed by atoms with Gasteiger partial charge in [0.2, 0.25) is 0 Å². The zero-order valence-corrected chi connectivity index (χ0v) is 13.2. The number of amidine groups is 1. The second-order valence-electron chi connectivity index (χ2n) is 4.94. The monoisotopic (exact) mass is 325 g/mol. The Morgan fingerprint density at radius 3 is 2.90 bits per heavy atom. The van der Waals surface area contributed by atoms with Crippen LogP contribution >= 0.6 is 11.6 Å². The third kappa shape index (κ3) is 2.65. The van der Waals surface area contributed by atoms with Crippen molar-refractivity contribution in [1.82, 2.24) is 9.88 Å². The lowest BCUT2D eigenvalue weighted by atomic mass is 10.2. The molecule has 0 unspecified atom stereocenters. The first-order valence-electron chi connectivity index (χ1n) is 6.79. The fourth-order valence-corrected chi connectivity index (χ4v) is 3.75. The van der Waals surface area contributed by atoms with Crippen molar-refractivity contribution in [2.24, 2.45) is 4.99 Å².